The van der Waals surface area contributed by atoms with Gasteiger partial charge in [0, 0.05) is 16.6 Å². The van der Waals surface area contributed by atoms with Crippen LogP contribution in [0.5, 0.6) is 0 Å². The second-order valence-electron chi connectivity index (χ2n) is 3.76. The van der Waals surface area contributed by atoms with Crippen molar-refractivity contribution in [2.45, 2.75) is 20.3 Å². The average Bonchev–Trinajstić information content (AvgIpc) is 2.45. The molecule has 0 fully saturated rings. The molecule has 0 saturated heterocycles. The Labute approximate surface area is 84.1 Å². The van der Waals surface area contributed by atoms with Crippen LogP contribution in [0.4, 0.5) is 0 Å². The summed E-state index contributed by atoms with van der Waals surface area (Å²) in [6, 6.07) is 6.35. The van der Waals surface area contributed by atoms with E-state index in [1.54, 1.807) is 0 Å². The van der Waals surface area contributed by atoms with Crippen molar-refractivity contribution in [1.82, 2.24) is 4.98 Å². The van der Waals surface area contributed by atoms with Crippen molar-refractivity contribution in [3.63, 3.8) is 0 Å². The molecular formula is C12H16N2. The monoisotopic (exact) mass is 188 g/mol. The topological polar surface area (TPSA) is 41.8 Å². The standard InChI is InChI=1S/C12H16N2/c1-8-4-3-5-11-12(8)10(6-7-13)9(2)14-11/h3-5,14H,6-7,13H2,1-2H3. The first kappa shape index (κ1) is 9.28. The van der Waals surface area contributed by atoms with Gasteiger partial charge in [0.15, 0.2) is 0 Å². The normalized spacial score (nSPS) is 11.1. The first-order chi connectivity index (χ1) is 6.74. The number of H-pyrrole nitrogens is 1. The lowest BCUT2D eigenvalue weighted by Crippen LogP contribution is -2.03. The Balaban J connectivity index is 2.73. The summed E-state index contributed by atoms with van der Waals surface area (Å²) in [5.74, 6) is 0. The predicted octanol–water partition coefficient (Wildman–Crippen LogP) is 2.29. The largest absolute Gasteiger partial charge is 0.358 e. The fourth-order valence-electron chi connectivity index (χ4n) is 2.09. The van der Waals surface area contributed by atoms with E-state index in [4.69, 9.17) is 5.73 Å². The number of fused-ring (bicyclic) bond motifs is 1. The van der Waals surface area contributed by atoms with Gasteiger partial charge in [0.25, 0.3) is 0 Å². The Morgan fingerprint density at radius 3 is 2.79 bits per heavy atom. The molecule has 0 aliphatic rings. The molecule has 74 valence electrons. The number of nitrogens with one attached hydrogen (secondary N) is 1. The molecule has 1 heterocycles. The number of aromatic amines is 1. The molecular weight excluding hydrogens is 172 g/mol. The third kappa shape index (κ3) is 1.32. The highest BCUT2D eigenvalue weighted by Gasteiger charge is 2.08. The van der Waals surface area contributed by atoms with Crippen molar-refractivity contribution < 1.29 is 0 Å². The molecule has 0 amide bonds. The molecule has 0 saturated carbocycles. The zero-order chi connectivity index (χ0) is 10.1. The molecule has 0 aliphatic heterocycles. The maximum absolute atomic E-state index is 5.62. The maximum atomic E-state index is 5.62. The van der Waals surface area contributed by atoms with Crippen molar-refractivity contribution in [3.8, 4) is 0 Å². The third-order valence-corrected chi connectivity index (χ3v) is 2.74. The molecule has 0 atom stereocenters. The van der Waals surface area contributed by atoms with Gasteiger partial charge >= 0.3 is 0 Å². The molecule has 0 bridgehead atoms. The summed E-state index contributed by atoms with van der Waals surface area (Å²) in [5, 5.41) is 1.36. The summed E-state index contributed by atoms with van der Waals surface area (Å²) >= 11 is 0. The minimum Gasteiger partial charge on any atom is -0.358 e. The van der Waals surface area contributed by atoms with Gasteiger partial charge in [0.2, 0.25) is 0 Å². The Morgan fingerprint density at radius 1 is 1.29 bits per heavy atom. The van der Waals surface area contributed by atoms with Crippen LogP contribution in [0.2, 0.25) is 0 Å². The van der Waals surface area contributed by atoms with Gasteiger partial charge in [0.05, 0.1) is 0 Å². The van der Waals surface area contributed by atoms with E-state index in [1.165, 1.54) is 27.7 Å². The number of rotatable bonds is 2. The van der Waals surface area contributed by atoms with Gasteiger partial charge in [-0.25, -0.2) is 0 Å². The SMILES string of the molecule is Cc1[nH]c2cccc(C)c2c1CCN. The minimum atomic E-state index is 0.710. The van der Waals surface area contributed by atoms with Crippen molar-refractivity contribution in [2.24, 2.45) is 5.73 Å². The van der Waals surface area contributed by atoms with E-state index >= 15 is 0 Å². The van der Waals surface area contributed by atoms with Crippen LogP contribution < -0.4 is 5.73 Å². The summed E-state index contributed by atoms with van der Waals surface area (Å²) in [6.45, 7) is 4.97. The van der Waals surface area contributed by atoms with Crippen molar-refractivity contribution in [2.75, 3.05) is 6.54 Å². The highest BCUT2D eigenvalue weighted by molar-refractivity contribution is 5.87. The molecule has 2 rings (SSSR count). The van der Waals surface area contributed by atoms with Gasteiger partial charge in [-0.05, 0) is 44.0 Å². The summed E-state index contributed by atoms with van der Waals surface area (Å²) in [4.78, 5) is 3.40. The second kappa shape index (κ2) is 3.46. The molecule has 1 aromatic heterocycles. The van der Waals surface area contributed by atoms with Crippen LogP contribution in [0, 0.1) is 13.8 Å². The maximum Gasteiger partial charge on any atom is 0.0461 e. The molecule has 0 aliphatic carbocycles. The summed E-state index contributed by atoms with van der Waals surface area (Å²) in [7, 11) is 0. The fraction of sp³-hybridized carbons (Fsp3) is 0.333. The zero-order valence-electron chi connectivity index (χ0n) is 8.72. The summed E-state index contributed by atoms with van der Waals surface area (Å²) in [5.41, 5.74) is 10.8. The highest BCUT2D eigenvalue weighted by Crippen LogP contribution is 2.25. The minimum absolute atomic E-state index is 0.710. The molecule has 3 N–H and O–H groups in total. The fourth-order valence-corrected chi connectivity index (χ4v) is 2.09. The number of nitrogens with two attached hydrogens (primary N) is 1. The van der Waals surface area contributed by atoms with E-state index in [1.807, 2.05) is 0 Å². The van der Waals surface area contributed by atoms with Crippen LogP contribution >= 0.6 is 0 Å². The zero-order valence-corrected chi connectivity index (χ0v) is 8.72. The average molecular weight is 188 g/mol. The molecule has 0 spiro atoms. The molecule has 2 heteroatoms. The van der Waals surface area contributed by atoms with Gasteiger partial charge < -0.3 is 10.7 Å². The van der Waals surface area contributed by atoms with E-state index < -0.39 is 0 Å². The molecule has 0 unspecified atom stereocenters. The number of aryl methyl sites for hydroxylation is 2. The van der Waals surface area contributed by atoms with E-state index in [9.17, 15) is 0 Å². The van der Waals surface area contributed by atoms with Crippen molar-refractivity contribution >= 4 is 10.9 Å². The Bertz CT molecular complexity index is 455. The predicted molar refractivity (Wildman–Crippen MR) is 60.5 cm³/mol. The van der Waals surface area contributed by atoms with Crippen LogP contribution in [0.1, 0.15) is 16.8 Å². The number of hydrogen-bond donors (Lipinski definition) is 2. The van der Waals surface area contributed by atoms with Gasteiger partial charge in [-0.3, -0.25) is 0 Å². The lowest BCUT2D eigenvalue weighted by atomic mass is 10.0. The molecule has 2 aromatic rings. The van der Waals surface area contributed by atoms with Gasteiger partial charge in [-0.2, -0.15) is 0 Å². The number of hydrogen-bond acceptors (Lipinski definition) is 1. The van der Waals surface area contributed by atoms with E-state index in [0.717, 1.165) is 6.42 Å². The van der Waals surface area contributed by atoms with Gasteiger partial charge in [-0.15, -0.1) is 0 Å². The number of aromatic nitrogens is 1. The Morgan fingerprint density at radius 2 is 2.07 bits per heavy atom. The van der Waals surface area contributed by atoms with Gasteiger partial charge in [-0.1, -0.05) is 12.1 Å². The number of benzene rings is 1. The molecule has 2 nitrogen and oxygen atoms in total. The van der Waals surface area contributed by atoms with E-state index in [0.29, 0.717) is 6.54 Å². The second-order valence-corrected chi connectivity index (χ2v) is 3.76. The van der Waals surface area contributed by atoms with Crippen LogP contribution in [0.3, 0.4) is 0 Å². The van der Waals surface area contributed by atoms with Crippen molar-refractivity contribution in [1.29, 1.82) is 0 Å². The first-order valence-corrected chi connectivity index (χ1v) is 5.01. The molecule has 14 heavy (non-hydrogen) atoms. The van der Waals surface area contributed by atoms with Crippen LogP contribution in [0.25, 0.3) is 10.9 Å². The first-order valence-electron chi connectivity index (χ1n) is 5.01. The van der Waals surface area contributed by atoms with Crippen molar-refractivity contribution in [3.05, 3.63) is 35.0 Å². The van der Waals surface area contributed by atoms with Crippen LogP contribution in [-0.4, -0.2) is 11.5 Å². The smallest absolute Gasteiger partial charge is 0.0461 e. The van der Waals surface area contributed by atoms with Crippen LogP contribution in [-0.2, 0) is 6.42 Å². The quantitative estimate of drug-likeness (QED) is 0.746. The van der Waals surface area contributed by atoms with Crippen LogP contribution in [0.15, 0.2) is 18.2 Å². The van der Waals surface area contributed by atoms with Gasteiger partial charge in [0.1, 0.15) is 0 Å². The molecule has 0 radical (unpaired) electrons. The van der Waals surface area contributed by atoms with E-state index in [-0.39, 0.29) is 0 Å². The lowest BCUT2D eigenvalue weighted by molar-refractivity contribution is 0.962. The summed E-state index contributed by atoms with van der Waals surface area (Å²) in [6.07, 6.45) is 0.955. The van der Waals surface area contributed by atoms with E-state index in [2.05, 4.69) is 37.0 Å². The third-order valence-electron chi connectivity index (χ3n) is 2.74. The summed E-state index contributed by atoms with van der Waals surface area (Å²) < 4.78 is 0. The highest BCUT2D eigenvalue weighted by atomic mass is 14.7. The Hall–Kier alpha value is -1.28. The lowest BCUT2D eigenvalue weighted by Gasteiger charge is -2.00. The Kier molecular flexibility index (Phi) is 2.30. The molecule has 1 aromatic carbocycles.